The summed E-state index contributed by atoms with van der Waals surface area (Å²) in [4.78, 5) is 10.7. The van der Waals surface area contributed by atoms with E-state index < -0.39 is 0 Å². The maximum absolute atomic E-state index is 10.7. The zero-order valence-corrected chi connectivity index (χ0v) is 6.15. The van der Waals surface area contributed by atoms with Crippen molar-refractivity contribution in [2.45, 2.75) is 13.0 Å². The van der Waals surface area contributed by atoms with E-state index in [-0.39, 0.29) is 17.8 Å². The molecule has 0 aromatic carbocycles. The van der Waals surface area contributed by atoms with Crippen molar-refractivity contribution in [1.82, 2.24) is 0 Å². The number of Topliss-reactive ketones (excluding diaryl/α,β-unsaturated/α-hetero) is 1. The van der Waals surface area contributed by atoms with Crippen LogP contribution in [0.2, 0.25) is 0 Å². The quantitative estimate of drug-likeness (QED) is 0.578. The lowest BCUT2D eigenvalue weighted by Gasteiger charge is -2.07. The molecule has 1 fully saturated rings. The fourth-order valence-corrected chi connectivity index (χ4v) is 2.25. The fraction of sp³-hybridized carbons (Fsp3) is 0.833. The lowest BCUT2D eigenvalue weighted by Crippen LogP contribution is -2.24. The number of rotatable bonds is 1. The molecule has 52 valence electrons. The zero-order valence-electron chi connectivity index (χ0n) is 5.33. The second-order valence-electron chi connectivity index (χ2n) is 2.32. The van der Waals surface area contributed by atoms with Crippen LogP contribution in [0, 0.1) is 5.92 Å². The minimum absolute atomic E-state index is 0.0880. The van der Waals surface area contributed by atoms with Gasteiger partial charge in [-0.2, -0.15) is 11.8 Å². The predicted molar refractivity (Wildman–Crippen MR) is 37.5 cm³/mol. The van der Waals surface area contributed by atoms with E-state index in [0.29, 0.717) is 0 Å². The Labute approximate surface area is 58.6 Å². The molecule has 1 heterocycles. The average Bonchev–Trinajstić information content (AvgIpc) is 2.13. The summed E-state index contributed by atoms with van der Waals surface area (Å²) in [5, 5.41) is 9.12. The summed E-state index contributed by atoms with van der Waals surface area (Å²) >= 11 is 1.65. The standard InChI is InChI=1S/C6H10O2S/c1-4(7)5-2-9-3-6(5)8/h5-6,8H,2-3H2,1H3/t5-,6+/m0/s1. The second kappa shape index (κ2) is 2.71. The molecule has 0 radical (unpaired) electrons. The van der Waals surface area contributed by atoms with Crippen LogP contribution in [0.25, 0.3) is 0 Å². The third-order valence-corrected chi connectivity index (χ3v) is 2.74. The SMILES string of the molecule is CC(=O)[C@@H]1CSC[C@H]1O. The summed E-state index contributed by atoms with van der Waals surface area (Å²) in [6, 6.07) is 0. The molecule has 2 atom stereocenters. The Kier molecular flexibility index (Phi) is 2.13. The molecule has 0 aromatic heterocycles. The summed E-state index contributed by atoms with van der Waals surface area (Å²) in [5.74, 6) is 1.56. The number of thioether (sulfide) groups is 1. The minimum Gasteiger partial charge on any atom is -0.391 e. The molecule has 3 heteroatoms. The number of carbonyl (C=O) groups excluding carboxylic acids is 1. The number of aliphatic hydroxyl groups excluding tert-OH is 1. The van der Waals surface area contributed by atoms with Crippen molar-refractivity contribution in [3.05, 3.63) is 0 Å². The van der Waals surface area contributed by atoms with Gasteiger partial charge in [0, 0.05) is 11.5 Å². The lowest BCUT2D eigenvalue weighted by atomic mass is 10.0. The Morgan fingerprint density at radius 3 is 2.56 bits per heavy atom. The molecular weight excluding hydrogens is 136 g/mol. The van der Waals surface area contributed by atoms with E-state index in [9.17, 15) is 4.79 Å². The monoisotopic (exact) mass is 146 g/mol. The van der Waals surface area contributed by atoms with E-state index in [1.54, 1.807) is 18.7 Å². The predicted octanol–water partition coefficient (Wildman–Crippen LogP) is 0.299. The molecule has 0 amide bonds. The van der Waals surface area contributed by atoms with Gasteiger partial charge < -0.3 is 5.11 Å². The van der Waals surface area contributed by atoms with E-state index in [0.717, 1.165) is 11.5 Å². The van der Waals surface area contributed by atoms with Crippen LogP contribution in [-0.2, 0) is 4.79 Å². The van der Waals surface area contributed by atoms with Crippen molar-refractivity contribution in [2.24, 2.45) is 5.92 Å². The molecule has 0 unspecified atom stereocenters. The van der Waals surface area contributed by atoms with Gasteiger partial charge in [-0.25, -0.2) is 0 Å². The maximum Gasteiger partial charge on any atom is 0.136 e. The highest BCUT2D eigenvalue weighted by Crippen LogP contribution is 2.24. The highest BCUT2D eigenvalue weighted by Gasteiger charge is 2.28. The van der Waals surface area contributed by atoms with E-state index >= 15 is 0 Å². The van der Waals surface area contributed by atoms with Gasteiger partial charge in [-0.05, 0) is 6.92 Å². The van der Waals surface area contributed by atoms with Gasteiger partial charge in [0.25, 0.3) is 0 Å². The molecule has 0 aliphatic carbocycles. The van der Waals surface area contributed by atoms with E-state index in [4.69, 9.17) is 5.11 Å². The molecule has 1 aliphatic rings. The Morgan fingerprint density at radius 1 is 1.67 bits per heavy atom. The first-order valence-corrected chi connectivity index (χ1v) is 4.13. The summed E-state index contributed by atoms with van der Waals surface area (Å²) in [6.07, 6.45) is -0.382. The lowest BCUT2D eigenvalue weighted by molar-refractivity contribution is -0.122. The first kappa shape index (κ1) is 7.09. The largest absolute Gasteiger partial charge is 0.391 e. The van der Waals surface area contributed by atoms with Crippen molar-refractivity contribution in [2.75, 3.05) is 11.5 Å². The molecule has 1 N–H and O–H groups in total. The van der Waals surface area contributed by atoms with Crippen molar-refractivity contribution < 1.29 is 9.90 Å². The summed E-state index contributed by atoms with van der Waals surface area (Å²) in [6.45, 7) is 1.54. The van der Waals surface area contributed by atoms with Crippen LogP contribution in [0.3, 0.4) is 0 Å². The Bertz CT molecular complexity index is 124. The molecule has 1 saturated heterocycles. The molecule has 1 aliphatic heterocycles. The molecule has 9 heavy (non-hydrogen) atoms. The topological polar surface area (TPSA) is 37.3 Å². The van der Waals surface area contributed by atoms with Crippen molar-refractivity contribution in [1.29, 1.82) is 0 Å². The molecule has 0 spiro atoms. The molecular formula is C6H10O2S. The zero-order chi connectivity index (χ0) is 6.85. The van der Waals surface area contributed by atoms with Gasteiger partial charge >= 0.3 is 0 Å². The highest BCUT2D eigenvalue weighted by molar-refractivity contribution is 7.99. The number of hydrogen-bond donors (Lipinski definition) is 1. The van der Waals surface area contributed by atoms with Crippen molar-refractivity contribution in [3.63, 3.8) is 0 Å². The van der Waals surface area contributed by atoms with Crippen LogP contribution in [0.1, 0.15) is 6.92 Å². The van der Waals surface area contributed by atoms with Gasteiger partial charge in [-0.1, -0.05) is 0 Å². The molecule has 0 aromatic rings. The van der Waals surface area contributed by atoms with Crippen LogP contribution >= 0.6 is 11.8 Å². The summed E-state index contributed by atoms with van der Waals surface area (Å²) in [7, 11) is 0. The molecule has 1 rings (SSSR count). The van der Waals surface area contributed by atoms with Crippen LogP contribution in [-0.4, -0.2) is 28.5 Å². The van der Waals surface area contributed by atoms with Gasteiger partial charge in [-0.15, -0.1) is 0 Å². The van der Waals surface area contributed by atoms with E-state index in [1.165, 1.54) is 0 Å². The average molecular weight is 146 g/mol. The highest BCUT2D eigenvalue weighted by atomic mass is 32.2. The minimum atomic E-state index is -0.382. The van der Waals surface area contributed by atoms with Crippen LogP contribution < -0.4 is 0 Å². The number of ketones is 1. The molecule has 2 nitrogen and oxygen atoms in total. The third kappa shape index (κ3) is 1.46. The fourth-order valence-electron chi connectivity index (χ4n) is 0.931. The molecule has 0 bridgehead atoms. The number of hydrogen-bond acceptors (Lipinski definition) is 3. The summed E-state index contributed by atoms with van der Waals surface area (Å²) in [5.41, 5.74) is 0. The Morgan fingerprint density at radius 2 is 2.33 bits per heavy atom. The van der Waals surface area contributed by atoms with Crippen LogP contribution in [0.15, 0.2) is 0 Å². The number of carbonyl (C=O) groups is 1. The summed E-state index contributed by atoms with van der Waals surface area (Å²) < 4.78 is 0. The van der Waals surface area contributed by atoms with Gasteiger partial charge in [-0.3, -0.25) is 4.79 Å². The normalized spacial score (nSPS) is 34.9. The second-order valence-corrected chi connectivity index (χ2v) is 3.40. The third-order valence-electron chi connectivity index (χ3n) is 1.57. The maximum atomic E-state index is 10.7. The smallest absolute Gasteiger partial charge is 0.136 e. The Hall–Kier alpha value is -0.0200. The first-order valence-electron chi connectivity index (χ1n) is 2.98. The van der Waals surface area contributed by atoms with E-state index in [2.05, 4.69) is 0 Å². The molecule has 0 saturated carbocycles. The van der Waals surface area contributed by atoms with Gasteiger partial charge in [0.1, 0.15) is 5.78 Å². The van der Waals surface area contributed by atoms with Crippen LogP contribution in [0.4, 0.5) is 0 Å². The van der Waals surface area contributed by atoms with Crippen molar-refractivity contribution in [3.8, 4) is 0 Å². The first-order chi connectivity index (χ1) is 4.22. The van der Waals surface area contributed by atoms with Gasteiger partial charge in [0.05, 0.1) is 12.0 Å². The number of aliphatic hydroxyl groups is 1. The van der Waals surface area contributed by atoms with E-state index in [1.807, 2.05) is 0 Å². The van der Waals surface area contributed by atoms with Gasteiger partial charge in [0.15, 0.2) is 0 Å². The Balaban J connectivity index is 2.49. The van der Waals surface area contributed by atoms with Crippen molar-refractivity contribution >= 4 is 17.5 Å². The van der Waals surface area contributed by atoms with Crippen LogP contribution in [0.5, 0.6) is 0 Å². The van der Waals surface area contributed by atoms with Gasteiger partial charge in [0.2, 0.25) is 0 Å².